The van der Waals surface area contributed by atoms with E-state index in [4.69, 9.17) is 32.9 Å². The minimum Gasteiger partial charge on any atom is -0.378 e. The van der Waals surface area contributed by atoms with Crippen molar-refractivity contribution < 1.29 is 9.53 Å². The number of nitrogens with zero attached hydrogens (tertiary/aromatic N) is 3. The molecule has 0 unspecified atom stereocenters. The Kier molecular flexibility index (Phi) is 9.71. The molecule has 2 aliphatic rings. The quantitative estimate of drug-likeness (QED) is 0.296. The fourth-order valence-corrected chi connectivity index (χ4v) is 6.84. The molecule has 2 aromatic rings. The number of hydrogen-bond donors (Lipinski definition) is 1. The lowest BCUT2D eigenvalue weighted by atomic mass is 9.81. The Hall–Kier alpha value is -2.03. The first-order valence-corrected chi connectivity index (χ1v) is 15.0. The van der Waals surface area contributed by atoms with Crippen molar-refractivity contribution in [2.24, 2.45) is 10.9 Å². The number of amides is 1. The molecule has 1 amide bonds. The van der Waals surface area contributed by atoms with Crippen molar-refractivity contribution in [3.63, 3.8) is 0 Å². The molecule has 39 heavy (non-hydrogen) atoms. The highest BCUT2D eigenvalue weighted by Crippen LogP contribution is 2.56. The monoisotopic (exact) mass is 588 g/mol. The van der Waals surface area contributed by atoms with Gasteiger partial charge in [-0.3, -0.25) is 4.79 Å². The van der Waals surface area contributed by atoms with Crippen LogP contribution in [-0.4, -0.2) is 60.3 Å². The Balaban J connectivity index is 1.75. The normalized spacial score (nSPS) is 20.7. The molecule has 2 aliphatic heterocycles. The highest BCUT2D eigenvalue weighted by atomic mass is 35.5. The van der Waals surface area contributed by atoms with E-state index in [0.29, 0.717) is 29.8 Å². The molecule has 0 bridgehead atoms. The molecule has 6 nitrogen and oxygen atoms in total. The van der Waals surface area contributed by atoms with Crippen molar-refractivity contribution in [1.82, 2.24) is 15.1 Å². The molecular formula is C30H38Cl2N4O2S. The second-order valence-electron chi connectivity index (χ2n) is 10.7. The van der Waals surface area contributed by atoms with E-state index < -0.39 is 5.54 Å². The van der Waals surface area contributed by atoms with Crippen molar-refractivity contribution in [2.45, 2.75) is 52.2 Å². The van der Waals surface area contributed by atoms with Crippen molar-refractivity contribution in [1.29, 1.82) is 0 Å². The number of nitrogens with one attached hydrogen (secondary N) is 1. The third-order valence-electron chi connectivity index (χ3n) is 7.22. The van der Waals surface area contributed by atoms with Gasteiger partial charge in [-0.2, -0.15) is 0 Å². The van der Waals surface area contributed by atoms with E-state index in [2.05, 4.69) is 43.1 Å². The molecule has 0 aliphatic carbocycles. The van der Waals surface area contributed by atoms with E-state index in [1.807, 2.05) is 62.2 Å². The number of aliphatic imine (C=N–C) groups is 1. The Morgan fingerprint density at radius 2 is 1.69 bits per heavy atom. The van der Waals surface area contributed by atoms with Gasteiger partial charge in [0.05, 0.1) is 19.3 Å². The van der Waals surface area contributed by atoms with Gasteiger partial charge in [0.15, 0.2) is 5.17 Å². The average Bonchev–Trinajstić information content (AvgIpc) is 3.39. The maximum atomic E-state index is 14.1. The maximum absolute atomic E-state index is 14.1. The van der Waals surface area contributed by atoms with Crippen LogP contribution in [0.2, 0.25) is 10.0 Å². The lowest BCUT2D eigenvalue weighted by Crippen LogP contribution is -2.41. The van der Waals surface area contributed by atoms with Crippen LogP contribution in [0.4, 0.5) is 0 Å². The molecule has 2 aromatic carbocycles. The van der Waals surface area contributed by atoms with Gasteiger partial charge in [-0.1, -0.05) is 61.3 Å². The number of benzene rings is 2. The molecule has 0 aromatic heterocycles. The highest BCUT2D eigenvalue weighted by molar-refractivity contribution is 8.18. The third kappa shape index (κ3) is 6.18. The summed E-state index contributed by atoms with van der Waals surface area (Å²) in [6, 6.07) is 15.7. The average molecular weight is 590 g/mol. The largest absolute Gasteiger partial charge is 0.378 e. The number of thioether (sulfide) groups is 1. The van der Waals surface area contributed by atoms with Crippen molar-refractivity contribution in [3.05, 3.63) is 80.3 Å². The number of likely N-dealkylation sites (N-methyl/N-ethyl adjacent to an activating group) is 1. The maximum Gasteiger partial charge on any atom is 0.262 e. The number of carbonyl (C=O) groups is 1. The summed E-state index contributed by atoms with van der Waals surface area (Å²) in [5.41, 5.74) is 2.56. The predicted octanol–water partition coefficient (Wildman–Crippen LogP) is 6.71. The van der Waals surface area contributed by atoms with Crippen LogP contribution >= 0.6 is 35.0 Å². The number of halogens is 2. The topological polar surface area (TPSA) is 57.2 Å². The summed E-state index contributed by atoms with van der Waals surface area (Å²) in [7, 11) is 1.90. The summed E-state index contributed by atoms with van der Waals surface area (Å²) in [6.07, 6.45) is 0. The Labute approximate surface area is 246 Å². The van der Waals surface area contributed by atoms with Gasteiger partial charge in [0.2, 0.25) is 0 Å². The number of amidine groups is 1. The summed E-state index contributed by atoms with van der Waals surface area (Å²) in [5.74, 6) is 0.128. The number of ether oxygens (including phenoxy) is 1. The summed E-state index contributed by atoms with van der Waals surface area (Å²) < 4.78 is 5.75. The van der Waals surface area contributed by atoms with Crippen molar-refractivity contribution in [2.75, 3.05) is 33.4 Å². The fourth-order valence-electron chi connectivity index (χ4n) is 5.23. The molecule has 210 valence electrons. The van der Waals surface area contributed by atoms with Crippen LogP contribution < -0.4 is 5.32 Å². The van der Waals surface area contributed by atoms with Crippen LogP contribution in [0.25, 0.3) is 0 Å². The van der Waals surface area contributed by atoms with Gasteiger partial charge in [0, 0.05) is 34.9 Å². The minimum atomic E-state index is -0.589. The first-order valence-electron chi connectivity index (χ1n) is 13.4. The number of fused-ring (bicyclic) bond motifs is 1. The van der Waals surface area contributed by atoms with E-state index in [0.717, 1.165) is 33.4 Å². The van der Waals surface area contributed by atoms with Gasteiger partial charge in [-0.25, -0.2) is 4.99 Å². The van der Waals surface area contributed by atoms with Crippen LogP contribution in [0.1, 0.15) is 51.8 Å². The van der Waals surface area contributed by atoms with Crippen molar-refractivity contribution in [3.8, 4) is 0 Å². The molecule has 4 rings (SSSR count). The summed E-state index contributed by atoms with van der Waals surface area (Å²) in [4.78, 5) is 24.3. The molecule has 1 N–H and O–H groups in total. The van der Waals surface area contributed by atoms with Crippen LogP contribution in [0.3, 0.4) is 0 Å². The molecule has 2 heterocycles. The molecule has 2 atom stereocenters. The van der Waals surface area contributed by atoms with E-state index >= 15 is 0 Å². The molecule has 0 fully saturated rings. The smallest absolute Gasteiger partial charge is 0.262 e. The van der Waals surface area contributed by atoms with Gasteiger partial charge in [-0.15, -0.1) is 0 Å². The van der Waals surface area contributed by atoms with E-state index in [-0.39, 0.29) is 23.9 Å². The highest BCUT2D eigenvalue weighted by Gasteiger charge is 2.53. The SMILES string of the molecule is CNCCOCCN(C(=O)C1=C(C(C)C)N2C(=N[C@@](C)(c3ccc(Cl)cc3)[C@H]2c2ccc(Cl)cc2)S1)C(C)C. The van der Waals surface area contributed by atoms with E-state index in [1.165, 1.54) is 11.8 Å². The third-order valence-corrected chi connectivity index (χ3v) is 8.79. The standard InChI is InChI=1S/C30H38Cl2N4O2S/c1-19(2)25-26(28(37)35(20(3)4)16-18-38-17-15-33-6)39-29-34-30(5,22-9-13-24(32)14-10-22)27(36(25)29)21-7-11-23(31)12-8-21/h7-14,19-20,27,33H,15-18H2,1-6H3/t27-,30+/m1/s1. The number of carbonyl (C=O) groups excluding carboxylic acids is 1. The van der Waals surface area contributed by atoms with E-state index in [1.54, 1.807) is 0 Å². The molecular weight excluding hydrogens is 551 g/mol. The van der Waals surface area contributed by atoms with Gasteiger partial charge in [0.25, 0.3) is 5.91 Å². The van der Waals surface area contributed by atoms with E-state index in [9.17, 15) is 4.79 Å². The summed E-state index contributed by atoms with van der Waals surface area (Å²) >= 11 is 14.0. The molecule has 0 saturated carbocycles. The molecule has 0 radical (unpaired) electrons. The minimum absolute atomic E-state index is 0.0241. The van der Waals surface area contributed by atoms with Crippen LogP contribution in [0, 0.1) is 5.92 Å². The zero-order valence-corrected chi connectivity index (χ0v) is 25.8. The molecule has 0 saturated heterocycles. The lowest BCUT2D eigenvalue weighted by Gasteiger charge is -2.37. The lowest BCUT2D eigenvalue weighted by molar-refractivity contribution is -0.129. The predicted molar refractivity (Wildman–Crippen MR) is 163 cm³/mol. The van der Waals surface area contributed by atoms with Crippen molar-refractivity contribution >= 4 is 46.0 Å². The number of allylic oxidation sites excluding steroid dienone is 1. The Morgan fingerprint density at radius 3 is 2.26 bits per heavy atom. The van der Waals surface area contributed by atoms with Crippen LogP contribution in [0.5, 0.6) is 0 Å². The van der Waals surface area contributed by atoms with Gasteiger partial charge in [0.1, 0.15) is 10.4 Å². The number of rotatable bonds is 11. The summed E-state index contributed by atoms with van der Waals surface area (Å²) in [6.45, 7) is 13.0. The van der Waals surface area contributed by atoms with Crippen LogP contribution in [-0.2, 0) is 15.1 Å². The first-order chi connectivity index (χ1) is 18.6. The van der Waals surface area contributed by atoms with Crippen LogP contribution in [0.15, 0.2) is 64.1 Å². The second-order valence-corrected chi connectivity index (χ2v) is 12.5. The molecule has 0 spiro atoms. The Bertz CT molecular complexity index is 1230. The molecule has 9 heteroatoms. The number of hydrogen-bond acceptors (Lipinski definition) is 6. The zero-order chi connectivity index (χ0) is 28.3. The summed E-state index contributed by atoms with van der Waals surface area (Å²) in [5, 5.41) is 5.29. The fraction of sp³-hybridized carbons (Fsp3) is 0.467. The van der Waals surface area contributed by atoms with Gasteiger partial charge < -0.3 is 19.9 Å². The van der Waals surface area contributed by atoms with Gasteiger partial charge >= 0.3 is 0 Å². The first kappa shape index (κ1) is 29.9. The zero-order valence-electron chi connectivity index (χ0n) is 23.5. The van der Waals surface area contributed by atoms with Gasteiger partial charge in [-0.05, 0) is 80.9 Å². The second kappa shape index (κ2) is 12.6. The Morgan fingerprint density at radius 1 is 1.08 bits per heavy atom.